The normalized spacial score (nSPS) is 14.1. The van der Waals surface area contributed by atoms with E-state index in [2.05, 4.69) is 65.1 Å². The van der Waals surface area contributed by atoms with Crippen LogP contribution in [0.3, 0.4) is 0 Å². The second-order valence-corrected chi connectivity index (χ2v) is 6.15. The van der Waals surface area contributed by atoms with Crippen molar-refractivity contribution in [3.63, 3.8) is 0 Å². The van der Waals surface area contributed by atoms with Crippen LogP contribution < -0.4 is 5.32 Å². The van der Waals surface area contributed by atoms with Crippen molar-refractivity contribution in [1.82, 2.24) is 15.5 Å². The highest BCUT2D eigenvalue weighted by molar-refractivity contribution is 9.10. The molecule has 2 atom stereocenters. The van der Waals surface area contributed by atoms with E-state index in [1.807, 2.05) is 12.1 Å². The standard InChI is InChI=1S/C16H22BrN3O/c1-5-14(18-6-2)11(4)16-19-15(20-21-16)12-8-7-10(3)9-13(12)17/h7-9,11,14,18H,5-6H2,1-4H3. The molecule has 21 heavy (non-hydrogen) atoms. The number of hydrogen-bond donors (Lipinski definition) is 1. The molecular formula is C16H22BrN3O. The third kappa shape index (κ3) is 3.71. The third-order valence-corrected chi connectivity index (χ3v) is 4.36. The van der Waals surface area contributed by atoms with Crippen LogP contribution in [0.5, 0.6) is 0 Å². The quantitative estimate of drug-likeness (QED) is 0.842. The molecule has 0 aliphatic carbocycles. The minimum atomic E-state index is 0.195. The molecule has 2 rings (SSSR count). The molecule has 0 aliphatic heterocycles. The summed E-state index contributed by atoms with van der Waals surface area (Å²) >= 11 is 3.56. The van der Waals surface area contributed by atoms with E-state index in [1.165, 1.54) is 5.56 Å². The first-order valence-corrected chi connectivity index (χ1v) is 8.19. The molecule has 0 bridgehead atoms. The number of hydrogen-bond acceptors (Lipinski definition) is 4. The minimum absolute atomic E-state index is 0.195. The molecule has 0 spiro atoms. The molecule has 2 unspecified atom stereocenters. The van der Waals surface area contributed by atoms with Crippen LogP contribution in [0.15, 0.2) is 27.2 Å². The number of nitrogens with zero attached hydrogens (tertiary/aromatic N) is 2. The summed E-state index contributed by atoms with van der Waals surface area (Å²) in [6, 6.07) is 6.47. The van der Waals surface area contributed by atoms with Crippen molar-refractivity contribution in [2.24, 2.45) is 0 Å². The lowest BCUT2D eigenvalue weighted by Crippen LogP contribution is -2.33. The maximum absolute atomic E-state index is 5.47. The average Bonchev–Trinajstić information content (AvgIpc) is 2.93. The third-order valence-electron chi connectivity index (χ3n) is 3.71. The van der Waals surface area contributed by atoms with Crippen LogP contribution in [0.4, 0.5) is 0 Å². The smallest absolute Gasteiger partial charge is 0.231 e. The van der Waals surface area contributed by atoms with Gasteiger partial charge in [-0.15, -0.1) is 0 Å². The van der Waals surface area contributed by atoms with E-state index in [4.69, 9.17) is 4.52 Å². The van der Waals surface area contributed by atoms with Gasteiger partial charge in [0.05, 0.1) is 5.92 Å². The Hall–Kier alpha value is -1.20. The van der Waals surface area contributed by atoms with Crippen molar-refractivity contribution >= 4 is 15.9 Å². The van der Waals surface area contributed by atoms with E-state index < -0.39 is 0 Å². The van der Waals surface area contributed by atoms with Crippen molar-refractivity contribution in [2.45, 2.75) is 46.1 Å². The summed E-state index contributed by atoms with van der Waals surface area (Å²) in [6.07, 6.45) is 1.03. The molecule has 0 amide bonds. The molecule has 1 aromatic carbocycles. The Morgan fingerprint density at radius 1 is 1.33 bits per heavy atom. The van der Waals surface area contributed by atoms with Gasteiger partial charge in [0.1, 0.15) is 0 Å². The van der Waals surface area contributed by atoms with Gasteiger partial charge in [-0.05, 0) is 37.6 Å². The van der Waals surface area contributed by atoms with Crippen molar-refractivity contribution in [2.75, 3.05) is 6.54 Å². The van der Waals surface area contributed by atoms with Gasteiger partial charge in [-0.3, -0.25) is 0 Å². The number of aromatic nitrogens is 2. The molecule has 114 valence electrons. The van der Waals surface area contributed by atoms with Crippen LogP contribution in [0, 0.1) is 6.92 Å². The summed E-state index contributed by atoms with van der Waals surface area (Å²) in [4.78, 5) is 4.57. The summed E-state index contributed by atoms with van der Waals surface area (Å²) in [7, 11) is 0. The summed E-state index contributed by atoms with van der Waals surface area (Å²) in [5, 5.41) is 7.59. The van der Waals surface area contributed by atoms with Crippen molar-refractivity contribution in [1.29, 1.82) is 0 Å². The summed E-state index contributed by atoms with van der Waals surface area (Å²) < 4.78 is 6.46. The zero-order chi connectivity index (χ0) is 15.4. The Morgan fingerprint density at radius 2 is 2.10 bits per heavy atom. The molecule has 4 nitrogen and oxygen atoms in total. The SMILES string of the molecule is CCNC(CC)C(C)c1nc(-c2ccc(C)cc2Br)no1. The average molecular weight is 352 g/mol. The van der Waals surface area contributed by atoms with E-state index in [1.54, 1.807) is 0 Å². The van der Waals surface area contributed by atoms with E-state index >= 15 is 0 Å². The van der Waals surface area contributed by atoms with Gasteiger partial charge in [-0.2, -0.15) is 4.98 Å². The van der Waals surface area contributed by atoms with Crippen LogP contribution in [-0.2, 0) is 0 Å². The largest absolute Gasteiger partial charge is 0.339 e. The van der Waals surface area contributed by atoms with Crippen molar-refractivity contribution in [3.8, 4) is 11.4 Å². The molecule has 0 saturated carbocycles. The number of nitrogens with one attached hydrogen (secondary N) is 1. The van der Waals surface area contributed by atoms with E-state index in [0.29, 0.717) is 17.8 Å². The number of likely N-dealkylation sites (N-methyl/N-ethyl adjacent to an activating group) is 1. The van der Waals surface area contributed by atoms with Gasteiger partial charge >= 0.3 is 0 Å². The van der Waals surface area contributed by atoms with Crippen LogP contribution in [0.25, 0.3) is 11.4 Å². The number of benzene rings is 1. The molecule has 0 fully saturated rings. The van der Waals surface area contributed by atoms with E-state index in [-0.39, 0.29) is 5.92 Å². The van der Waals surface area contributed by atoms with Gasteiger partial charge in [0, 0.05) is 16.1 Å². The zero-order valence-corrected chi connectivity index (χ0v) is 14.6. The minimum Gasteiger partial charge on any atom is -0.339 e. The Labute approximate surface area is 134 Å². The Kier molecular flexibility index (Phi) is 5.53. The monoisotopic (exact) mass is 351 g/mol. The summed E-state index contributed by atoms with van der Waals surface area (Å²) in [5.74, 6) is 1.51. The predicted molar refractivity (Wildman–Crippen MR) is 88.3 cm³/mol. The van der Waals surface area contributed by atoms with Crippen LogP contribution in [-0.4, -0.2) is 22.7 Å². The first kappa shape index (κ1) is 16.2. The zero-order valence-electron chi connectivity index (χ0n) is 13.0. The van der Waals surface area contributed by atoms with Gasteiger partial charge in [-0.1, -0.05) is 47.9 Å². The maximum atomic E-state index is 5.47. The Morgan fingerprint density at radius 3 is 2.71 bits per heavy atom. The molecule has 1 heterocycles. The Balaban J connectivity index is 2.24. The molecule has 0 saturated heterocycles. The van der Waals surface area contributed by atoms with Gasteiger partial charge in [0.15, 0.2) is 0 Å². The van der Waals surface area contributed by atoms with Crippen LogP contribution in [0.2, 0.25) is 0 Å². The molecule has 1 N–H and O–H groups in total. The summed E-state index contributed by atoms with van der Waals surface area (Å²) in [5.41, 5.74) is 2.15. The van der Waals surface area contributed by atoms with Gasteiger partial charge in [0.25, 0.3) is 0 Å². The lowest BCUT2D eigenvalue weighted by atomic mass is 9.99. The second kappa shape index (κ2) is 7.18. The van der Waals surface area contributed by atoms with E-state index in [0.717, 1.165) is 23.0 Å². The molecule has 2 aromatic rings. The molecular weight excluding hydrogens is 330 g/mol. The first-order valence-electron chi connectivity index (χ1n) is 7.40. The number of rotatable bonds is 6. The number of aryl methyl sites for hydroxylation is 1. The fourth-order valence-corrected chi connectivity index (χ4v) is 3.11. The van der Waals surface area contributed by atoms with Crippen molar-refractivity contribution < 1.29 is 4.52 Å². The van der Waals surface area contributed by atoms with Gasteiger partial charge in [-0.25, -0.2) is 0 Å². The molecule has 0 aliphatic rings. The maximum Gasteiger partial charge on any atom is 0.231 e. The first-order chi connectivity index (χ1) is 10.1. The van der Waals surface area contributed by atoms with Crippen LogP contribution >= 0.6 is 15.9 Å². The number of halogens is 1. The van der Waals surface area contributed by atoms with Crippen LogP contribution in [0.1, 0.15) is 44.6 Å². The highest BCUT2D eigenvalue weighted by Crippen LogP contribution is 2.29. The topological polar surface area (TPSA) is 51.0 Å². The van der Waals surface area contributed by atoms with E-state index in [9.17, 15) is 0 Å². The van der Waals surface area contributed by atoms with Gasteiger partial charge in [0.2, 0.25) is 11.7 Å². The molecule has 5 heteroatoms. The Bertz CT molecular complexity index is 597. The predicted octanol–water partition coefficient (Wildman–Crippen LogP) is 4.30. The highest BCUT2D eigenvalue weighted by atomic mass is 79.9. The van der Waals surface area contributed by atoms with Gasteiger partial charge < -0.3 is 9.84 Å². The highest BCUT2D eigenvalue weighted by Gasteiger charge is 2.23. The lowest BCUT2D eigenvalue weighted by Gasteiger charge is -2.20. The lowest BCUT2D eigenvalue weighted by molar-refractivity contribution is 0.321. The fraction of sp³-hybridized carbons (Fsp3) is 0.500. The molecule has 1 aromatic heterocycles. The van der Waals surface area contributed by atoms with Crippen molar-refractivity contribution in [3.05, 3.63) is 34.1 Å². The summed E-state index contributed by atoms with van der Waals surface area (Å²) in [6.45, 7) is 9.39. The second-order valence-electron chi connectivity index (χ2n) is 5.30. The fourth-order valence-electron chi connectivity index (χ4n) is 2.44. The molecule has 0 radical (unpaired) electrons.